The van der Waals surface area contributed by atoms with Crippen molar-refractivity contribution >= 4 is 11.7 Å². The molecule has 0 unspecified atom stereocenters. The average molecular weight is 221 g/mol. The number of carbonyl (C=O) groups is 1. The van der Waals surface area contributed by atoms with E-state index in [1.54, 1.807) is 26.0 Å². The summed E-state index contributed by atoms with van der Waals surface area (Å²) in [6.07, 6.45) is 0. The lowest BCUT2D eigenvalue weighted by molar-refractivity contribution is 0.0526. The molecular weight excluding hydrogens is 206 g/mol. The summed E-state index contributed by atoms with van der Waals surface area (Å²) in [5, 5.41) is 3.81. The second-order valence-corrected chi connectivity index (χ2v) is 3.13. The van der Waals surface area contributed by atoms with Crippen LogP contribution in [0.15, 0.2) is 29.4 Å². The fourth-order valence-electron chi connectivity index (χ4n) is 1.37. The van der Waals surface area contributed by atoms with Gasteiger partial charge in [0.1, 0.15) is 7.11 Å². The highest BCUT2D eigenvalue weighted by molar-refractivity contribution is 6.07. The minimum atomic E-state index is -0.344. The zero-order valence-corrected chi connectivity index (χ0v) is 9.69. The van der Waals surface area contributed by atoms with E-state index in [-0.39, 0.29) is 5.97 Å². The highest BCUT2D eigenvalue weighted by Crippen LogP contribution is 2.11. The number of rotatable bonds is 4. The van der Waals surface area contributed by atoms with Crippen LogP contribution in [-0.4, -0.2) is 25.4 Å². The molecule has 4 nitrogen and oxygen atoms in total. The minimum Gasteiger partial charge on any atom is -0.462 e. The van der Waals surface area contributed by atoms with Crippen molar-refractivity contribution < 1.29 is 14.4 Å². The molecule has 0 N–H and O–H groups in total. The molecule has 0 aromatic heterocycles. The van der Waals surface area contributed by atoms with Gasteiger partial charge in [-0.3, -0.25) is 0 Å². The first-order valence-corrected chi connectivity index (χ1v) is 5.05. The lowest BCUT2D eigenvalue weighted by Gasteiger charge is -2.07. The van der Waals surface area contributed by atoms with Crippen molar-refractivity contribution in [2.24, 2.45) is 5.16 Å². The van der Waals surface area contributed by atoms with Gasteiger partial charge in [0.25, 0.3) is 0 Å². The third-order valence-electron chi connectivity index (χ3n) is 2.04. The molecule has 0 saturated carbocycles. The molecule has 1 rings (SSSR count). The SMILES string of the molecule is CCOC(=O)c1ccccc1/C(C)=N/OC. The van der Waals surface area contributed by atoms with Gasteiger partial charge in [-0.1, -0.05) is 23.4 Å². The fourth-order valence-corrected chi connectivity index (χ4v) is 1.37. The first-order valence-electron chi connectivity index (χ1n) is 5.05. The van der Waals surface area contributed by atoms with Crippen molar-refractivity contribution in [2.75, 3.05) is 13.7 Å². The molecule has 86 valence electrons. The van der Waals surface area contributed by atoms with E-state index in [1.165, 1.54) is 7.11 Å². The Kier molecular flexibility index (Phi) is 4.51. The number of oxime groups is 1. The van der Waals surface area contributed by atoms with Crippen molar-refractivity contribution in [2.45, 2.75) is 13.8 Å². The van der Waals surface area contributed by atoms with Gasteiger partial charge < -0.3 is 9.57 Å². The van der Waals surface area contributed by atoms with E-state index < -0.39 is 0 Å². The van der Waals surface area contributed by atoms with E-state index in [9.17, 15) is 4.79 Å². The van der Waals surface area contributed by atoms with Crippen molar-refractivity contribution in [1.82, 2.24) is 0 Å². The van der Waals surface area contributed by atoms with Crippen LogP contribution in [0.5, 0.6) is 0 Å². The predicted molar refractivity (Wildman–Crippen MR) is 61.6 cm³/mol. The molecule has 0 atom stereocenters. The van der Waals surface area contributed by atoms with Gasteiger partial charge >= 0.3 is 5.97 Å². The van der Waals surface area contributed by atoms with Crippen LogP contribution in [0.1, 0.15) is 29.8 Å². The van der Waals surface area contributed by atoms with Gasteiger partial charge in [-0.2, -0.15) is 0 Å². The topological polar surface area (TPSA) is 47.9 Å². The highest BCUT2D eigenvalue weighted by Gasteiger charge is 2.13. The van der Waals surface area contributed by atoms with E-state index >= 15 is 0 Å². The maximum atomic E-state index is 11.7. The molecule has 0 aliphatic carbocycles. The third-order valence-corrected chi connectivity index (χ3v) is 2.04. The molecular formula is C12H15NO3. The number of nitrogens with zero attached hydrogens (tertiary/aromatic N) is 1. The summed E-state index contributed by atoms with van der Waals surface area (Å²) in [5.74, 6) is -0.344. The van der Waals surface area contributed by atoms with E-state index in [0.29, 0.717) is 17.9 Å². The second kappa shape index (κ2) is 5.90. The highest BCUT2D eigenvalue weighted by atomic mass is 16.6. The van der Waals surface area contributed by atoms with Crippen LogP contribution in [0, 0.1) is 0 Å². The van der Waals surface area contributed by atoms with Crippen LogP contribution in [0.2, 0.25) is 0 Å². The number of hydrogen-bond acceptors (Lipinski definition) is 4. The Balaban J connectivity index is 3.10. The van der Waals surface area contributed by atoms with E-state index in [4.69, 9.17) is 4.74 Å². The van der Waals surface area contributed by atoms with E-state index in [2.05, 4.69) is 9.99 Å². The maximum absolute atomic E-state index is 11.7. The monoisotopic (exact) mass is 221 g/mol. The Labute approximate surface area is 94.9 Å². The summed E-state index contributed by atoms with van der Waals surface area (Å²) in [7, 11) is 1.47. The first-order chi connectivity index (χ1) is 7.70. The zero-order chi connectivity index (χ0) is 12.0. The number of hydrogen-bond donors (Lipinski definition) is 0. The van der Waals surface area contributed by atoms with Gasteiger partial charge in [0.05, 0.1) is 17.9 Å². The summed E-state index contributed by atoms with van der Waals surface area (Å²) < 4.78 is 4.96. The van der Waals surface area contributed by atoms with Gasteiger partial charge in [-0.15, -0.1) is 0 Å². The number of esters is 1. The van der Waals surface area contributed by atoms with Crippen LogP contribution in [0.25, 0.3) is 0 Å². The summed E-state index contributed by atoms with van der Waals surface area (Å²) in [4.78, 5) is 16.3. The lowest BCUT2D eigenvalue weighted by Crippen LogP contribution is -2.10. The molecule has 1 aromatic rings. The second-order valence-electron chi connectivity index (χ2n) is 3.13. The molecule has 0 aliphatic rings. The van der Waals surface area contributed by atoms with Crippen LogP contribution in [0.4, 0.5) is 0 Å². The smallest absolute Gasteiger partial charge is 0.338 e. The molecule has 0 fully saturated rings. The summed E-state index contributed by atoms with van der Waals surface area (Å²) >= 11 is 0. The van der Waals surface area contributed by atoms with Gasteiger partial charge in [-0.25, -0.2) is 4.79 Å². The Bertz CT molecular complexity index is 399. The van der Waals surface area contributed by atoms with Gasteiger partial charge in [0, 0.05) is 5.56 Å². The van der Waals surface area contributed by atoms with Crippen molar-refractivity contribution in [3.63, 3.8) is 0 Å². The van der Waals surface area contributed by atoms with Crippen molar-refractivity contribution in [1.29, 1.82) is 0 Å². The molecule has 0 saturated heterocycles. The van der Waals surface area contributed by atoms with Gasteiger partial charge in [-0.05, 0) is 19.9 Å². The lowest BCUT2D eigenvalue weighted by atomic mass is 10.0. The van der Waals surface area contributed by atoms with Gasteiger partial charge in [0.15, 0.2) is 0 Å². The van der Waals surface area contributed by atoms with Crippen LogP contribution in [-0.2, 0) is 9.57 Å². The summed E-state index contributed by atoms with van der Waals surface area (Å²) in [6.45, 7) is 3.91. The third kappa shape index (κ3) is 2.82. The number of benzene rings is 1. The minimum absolute atomic E-state index is 0.344. The molecule has 16 heavy (non-hydrogen) atoms. The van der Waals surface area contributed by atoms with Gasteiger partial charge in [0.2, 0.25) is 0 Å². The maximum Gasteiger partial charge on any atom is 0.338 e. The Morgan fingerprint density at radius 1 is 1.31 bits per heavy atom. The molecule has 0 radical (unpaired) electrons. The molecule has 4 heteroatoms. The number of ether oxygens (including phenoxy) is 1. The summed E-state index contributed by atoms with van der Waals surface area (Å²) in [6, 6.07) is 7.15. The van der Waals surface area contributed by atoms with Crippen molar-refractivity contribution in [3.05, 3.63) is 35.4 Å². The standard InChI is InChI=1S/C12H15NO3/c1-4-16-12(14)11-8-6-5-7-10(11)9(2)13-15-3/h5-8H,4H2,1-3H3/b13-9+. The first kappa shape index (κ1) is 12.2. The fraction of sp³-hybridized carbons (Fsp3) is 0.333. The molecule has 0 aliphatic heterocycles. The Morgan fingerprint density at radius 2 is 1.94 bits per heavy atom. The van der Waals surface area contributed by atoms with E-state index in [0.717, 1.165) is 5.56 Å². The molecule has 0 amide bonds. The molecule has 0 heterocycles. The quantitative estimate of drug-likeness (QED) is 0.445. The largest absolute Gasteiger partial charge is 0.462 e. The Hall–Kier alpha value is -1.84. The zero-order valence-electron chi connectivity index (χ0n) is 9.69. The van der Waals surface area contributed by atoms with Crippen LogP contribution < -0.4 is 0 Å². The average Bonchev–Trinajstić information content (AvgIpc) is 2.30. The predicted octanol–water partition coefficient (Wildman–Crippen LogP) is 2.23. The van der Waals surface area contributed by atoms with Crippen LogP contribution >= 0.6 is 0 Å². The van der Waals surface area contributed by atoms with Crippen molar-refractivity contribution in [3.8, 4) is 0 Å². The normalized spacial score (nSPS) is 11.1. The Morgan fingerprint density at radius 3 is 2.50 bits per heavy atom. The molecule has 1 aromatic carbocycles. The number of carbonyl (C=O) groups excluding carboxylic acids is 1. The summed E-state index contributed by atoms with van der Waals surface area (Å²) in [5.41, 5.74) is 1.87. The van der Waals surface area contributed by atoms with Crippen LogP contribution in [0.3, 0.4) is 0 Å². The van der Waals surface area contributed by atoms with E-state index in [1.807, 2.05) is 12.1 Å². The molecule has 0 bridgehead atoms. The molecule has 0 spiro atoms.